The normalized spacial score (nSPS) is 17.7. The van der Waals surface area contributed by atoms with Crippen molar-refractivity contribution in [2.45, 2.75) is 26.4 Å². The van der Waals surface area contributed by atoms with Gasteiger partial charge >= 0.3 is 0 Å². The number of imide groups is 1. The number of terminal acetylenes is 1. The van der Waals surface area contributed by atoms with E-state index in [2.05, 4.69) is 12.8 Å². The lowest BCUT2D eigenvalue weighted by Crippen LogP contribution is -2.28. The summed E-state index contributed by atoms with van der Waals surface area (Å²) in [6.45, 7) is 4.07. The van der Waals surface area contributed by atoms with Crippen molar-refractivity contribution in [2.24, 2.45) is 0 Å². The summed E-state index contributed by atoms with van der Waals surface area (Å²) < 4.78 is 5.70. The van der Waals surface area contributed by atoms with Crippen molar-refractivity contribution in [2.75, 3.05) is 6.54 Å². The van der Waals surface area contributed by atoms with E-state index in [4.69, 9.17) is 11.2 Å². The van der Waals surface area contributed by atoms with Crippen LogP contribution in [0.1, 0.15) is 25.8 Å². The highest BCUT2D eigenvalue weighted by Crippen LogP contribution is 2.32. The number of thioether (sulfide) groups is 1. The molecule has 0 bridgehead atoms. The number of benzene rings is 1. The zero-order chi connectivity index (χ0) is 16.1. The Hall–Kier alpha value is -2.19. The van der Waals surface area contributed by atoms with Crippen molar-refractivity contribution < 1.29 is 14.3 Å². The maximum absolute atomic E-state index is 12.1. The molecule has 1 saturated heterocycles. The molecular weight excluding hydrogens is 298 g/mol. The molecule has 0 aromatic heterocycles. The summed E-state index contributed by atoms with van der Waals surface area (Å²) >= 11 is 0.907. The number of rotatable bonds is 5. The predicted molar refractivity (Wildman–Crippen MR) is 88.3 cm³/mol. The van der Waals surface area contributed by atoms with E-state index < -0.39 is 0 Å². The molecule has 0 spiro atoms. The van der Waals surface area contributed by atoms with E-state index in [9.17, 15) is 9.59 Å². The number of hydrogen-bond donors (Lipinski definition) is 0. The molecule has 5 heteroatoms. The van der Waals surface area contributed by atoms with Gasteiger partial charge in [-0.05, 0) is 48.9 Å². The van der Waals surface area contributed by atoms with Crippen molar-refractivity contribution in [3.63, 3.8) is 0 Å². The van der Waals surface area contributed by atoms with Crippen LogP contribution in [0, 0.1) is 12.3 Å². The average molecular weight is 315 g/mol. The molecule has 1 aliphatic rings. The average Bonchev–Trinajstić information content (AvgIpc) is 2.77. The predicted octanol–water partition coefficient (Wildman–Crippen LogP) is 3.53. The summed E-state index contributed by atoms with van der Waals surface area (Å²) in [4.78, 5) is 25.2. The molecule has 1 heterocycles. The third-order valence-corrected chi connectivity index (χ3v) is 4.12. The Balaban J connectivity index is 2.12. The first-order valence-corrected chi connectivity index (χ1v) is 7.82. The number of hydrogen-bond acceptors (Lipinski definition) is 4. The highest BCUT2D eigenvalue weighted by molar-refractivity contribution is 8.18. The topological polar surface area (TPSA) is 46.6 Å². The summed E-state index contributed by atoms with van der Waals surface area (Å²) in [5, 5.41) is -0.328. The van der Waals surface area contributed by atoms with E-state index in [-0.39, 0.29) is 23.8 Å². The van der Waals surface area contributed by atoms with Crippen LogP contribution in [-0.2, 0) is 4.79 Å². The fraction of sp³-hybridized carbons (Fsp3) is 0.294. The van der Waals surface area contributed by atoms with Crippen LogP contribution in [0.4, 0.5) is 4.79 Å². The molecule has 1 aliphatic heterocycles. The molecule has 1 aromatic rings. The monoisotopic (exact) mass is 315 g/mol. The van der Waals surface area contributed by atoms with Gasteiger partial charge < -0.3 is 4.74 Å². The Labute approximate surface area is 134 Å². The largest absolute Gasteiger partial charge is 0.491 e. The van der Waals surface area contributed by atoms with Crippen LogP contribution in [0.5, 0.6) is 5.75 Å². The minimum absolute atomic E-state index is 0.00366. The van der Waals surface area contributed by atoms with Crippen LogP contribution in [0.25, 0.3) is 6.08 Å². The van der Waals surface area contributed by atoms with Crippen LogP contribution >= 0.6 is 11.8 Å². The van der Waals surface area contributed by atoms with Crippen molar-refractivity contribution in [3.8, 4) is 18.1 Å². The lowest BCUT2D eigenvalue weighted by Gasteiger charge is -2.12. The second-order valence-electron chi connectivity index (χ2n) is 4.88. The summed E-state index contributed by atoms with van der Waals surface area (Å²) in [5.74, 6) is 2.76. The first kappa shape index (κ1) is 16.2. The van der Waals surface area contributed by atoms with Gasteiger partial charge in [-0.2, -0.15) is 0 Å². The summed E-state index contributed by atoms with van der Waals surface area (Å²) in [7, 11) is 0. The maximum atomic E-state index is 12.1. The Morgan fingerprint density at radius 1 is 1.36 bits per heavy atom. The first-order valence-electron chi connectivity index (χ1n) is 7.00. The standard InChI is InChI=1S/C17H17NO3S/c1-4-10-18-16(19)15(22-17(18)20)11-13-6-8-14(9-7-13)21-12(3)5-2/h1,6-9,11-12H,5,10H2,2-3H3/b15-11+/t12-/m0/s1. The van der Waals surface area contributed by atoms with Crippen molar-refractivity contribution in [3.05, 3.63) is 34.7 Å². The fourth-order valence-electron chi connectivity index (χ4n) is 1.84. The zero-order valence-electron chi connectivity index (χ0n) is 12.5. The molecule has 1 aromatic carbocycles. The third kappa shape index (κ3) is 3.71. The van der Waals surface area contributed by atoms with Crippen LogP contribution in [0.15, 0.2) is 29.2 Å². The maximum Gasteiger partial charge on any atom is 0.294 e. The van der Waals surface area contributed by atoms with Gasteiger partial charge in [0.05, 0.1) is 17.6 Å². The minimum Gasteiger partial charge on any atom is -0.491 e. The van der Waals surface area contributed by atoms with Crippen molar-refractivity contribution in [1.82, 2.24) is 4.90 Å². The number of nitrogens with zero attached hydrogens (tertiary/aromatic N) is 1. The highest BCUT2D eigenvalue weighted by Gasteiger charge is 2.34. The Bertz CT molecular complexity index is 643. The second kappa shape index (κ2) is 7.19. The number of carbonyl (C=O) groups is 2. The molecule has 1 atom stereocenters. The first-order chi connectivity index (χ1) is 10.5. The minimum atomic E-state index is -0.340. The lowest BCUT2D eigenvalue weighted by atomic mass is 10.2. The van der Waals surface area contributed by atoms with Gasteiger partial charge in [-0.3, -0.25) is 14.5 Å². The number of carbonyl (C=O) groups excluding carboxylic acids is 2. The number of amides is 2. The molecule has 1 fully saturated rings. The zero-order valence-corrected chi connectivity index (χ0v) is 13.4. The van der Waals surface area contributed by atoms with Gasteiger partial charge in [0, 0.05) is 0 Å². The molecule has 0 unspecified atom stereocenters. The Morgan fingerprint density at radius 3 is 2.64 bits per heavy atom. The Morgan fingerprint density at radius 2 is 2.05 bits per heavy atom. The molecule has 114 valence electrons. The van der Waals surface area contributed by atoms with Gasteiger partial charge in [0.25, 0.3) is 11.1 Å². The van der Waals surface area contributed by atoms with Crippen LogP contribution in [0.3, 0.4) is 0 Å². The van der Waals surface area contributed by atoms with Crippen LogP contribution in [0.2, 0.25) is 0 Å². The van der Waals surface area contributed by atoms with Crippen LogP contribution < -0.4 is 4.74 Å². The van der Waals surface area contributed by atoms with Crippen molar-refractivity contribution in [1.29, 1.82) is 0 Å². The molecule has 0 N–H and O–H groups in total. The van der Waals surface area contributed by atoms with E-state index in [0.717, 1.165) is 34.4 Å². The van der Waals surface area contributed by atoms with Gasteiger partial charge in [-0.25, -0.2) is 0 Å². The van der Waals surface area contributed by atoms with E-state index in [0.29, 0.717) is 4.91 Å². The fourth-order valence-corrected chi connectivity index (χ4v) is 2.68. The van der Waals surface area contributed by atoms with Gasteiger partial charge in [0.1, 0.15) is 5.75 Å². The molecule has 4 nitrogen and oxygen atoms in total. The molecule has 22 heavy (non-hydrogen) atoms. The van der Waals surface area contributed by atoms with E-state index in [1.807, 2.05) is 31.2 Å². The second-order valence-corrected chi connectivity index (χ2v) is 5.87. The van der Waals surface area contributed by atoms with Crippen molar-refractivity contribution >= 4 is 29.0 Å². The van der Waals surface area contributed by atoms with Gasteiger partial charge in [0.2, 0.25) is 0 Å². The third-order valence-electron chi connectivity index (χ3n) is 3.21. The van der Waals surface area contributed by atoms with Gasteiger partial charge in [-0.15, -0.1) is 6.42 Å². The molecule has 0 saturated carbocycles. The smallest absolute Gasteiger partial charge is 0.294 e. The summed E-state index contributed by atoms with van der Waals surface area (Å²) in [5.41, 5.74) is 0.836. The Kier molecular flexibility index (Phi) is 5.29. The molecule has 2 amide bonds. The molecule has 0 aliphatic carbocycles. The molecule has 2 rings (SSSR count). The summed E-state index contributed by atoms with van der Waals surface area (Å²) in [6, 6.07) is 7.41. The summed E-state index contributed by atoms with van der Waals surface area (Å²) in [6.07, 6.45) is 7.94. The lowest BCUT2D eigenvalue weighted by molar-refractivity contribution is -0.122. The van der Waals surface area contributed by atoms with Crippen LogP contribution in [-0.4, -0.2) is 28.7 Å². The van der Waals surface area contributed by atoms with E-state index in [1.54, 1.807) is 6.08 Å². The molecule has 0 radical (unpaired) electrons. The molecular formula is C17H17NO3S. The quantitative estimate of drug-likeness (QED) is 0.616. The van der Waals surface area contributed by atoms with Gasteiger partial charge in [0.15, 0.2) is 0 Å². The highest BCUT2D eigenvalue weighted by atomic mass is 32.2. The van der Waals surface area contributed by atoms with E-state index in [1.165, 1.54) is 0 Å². The SMILES string of the molecule is C#CCN1C(=O)S/C(=C/c2ccc(O[C@@H](C)CC)cc2)C1=O. The number of ether oxygens (including phenoxy) is 1. The van der Waals surface area contributed by atoms with E-state index >= 15 is 0 Å². The van der Waals surface area contributed by atoms with Gasteiger partial charge in [-0.1, -0.05) is 25.0 Å².